The van der Waals surface area contributed by atoms with Gasteiger partial charge < -0.3 is 14.6 Å². The summed E-state index contributed by atoms with van der Waals surface area (Å²) >= 11 is 1.48. The van der Waals surface area contributed by atoms with Gasteiger partial charge in [0, 0.05) is 24.7 Å². The highest BCUT2D eigenvalue weighted by Gasteiger charge is 2.13. The lowest BCUT2D eigenvalue weighted by Gasteiger charge is -2.05. The van der Waals surface area contributed by atoms with Gasteiger partial charge in [-0.1, -0.05) is 12.1 Å². The minimum Gasteiger partial charge on any atom is -0.497 e. The molecule has 0 spiro atoms. The van der Waals surface area contributed by atoms with E-state index in [-0.39, 0.29) is 5.91 Å². The Bertz CT molecular complexity index is 850. The number of amides is 1. The van der Waals surface area contributed by atoms with Crippen molar-refractivity contribution >= 4 is 17.2 Å². The standard InChI is InChI=1S/C18H19N3O2S/c1-12-4-9-16(21(12)2)18-20-15(11-24-18)17(22)19-10-13-5-7-14(23-3)8-6-13/h4-9,11H,10H2,1-3H3,(H,19,22). The molecule has 0 aliphatic rings. The lowest BCUT2D eigenvalue weighted by molar-refractivity contribution is 0.0946. The van der Waals surface area contributed by atoms with E-state index < -0.39 is 0 Å². The van der Waals surface area contributed by atoms with Crippen molar-refractivity contribution in [3.05, 3.63) is 58.7 Å². The van der Waals surface area contributed by atoms with Crippen LogP contribution in [0.25, 0.3) is 10.7 Å². The molecule has 2 aromatic heterocycles. The lowest BCUT2D eigenvalue weighted by Crippen LogP contribution is -2.23. The van der Waals surface area contributed by atoms with Crippen LogP contribution in [-0.4, -0.2) is 22.6 Å². The maximum atomic E-state index is 12.3. The Kier molecular flexibility index (Phi) is 4.66. The number of benzene rings is 1. The molecule has 0 aliphatic heterocycles. The fourth-order valence-electron chi connectivity index (χ4n) is 2.34. The zero-order chi connectivity index (χ0) is 17.1. The highest BCUT2D eigenvalue weighted by Crippen LogP contribution is 2.25. The van der Waals surface area contributed by atoms with Crippen molar-refractivity contribution in [2.75, 3.05) is 7.11 Å². The van der Waals surface area contributed by atoms with Gasteiger partial charge in [-0.05, 0) is 36.8 Å². The molecular formula is C18H19N3O2S. The molecule has 0 bridgehead atoms. The number of ether oxygens (including phenoxy) is 1. The van der Waals surface area contributed by atoms with Crippen LogP contribution in [-0.2, 0) is 13.6 Å². The highest BCUT2D eigenvalue weighted by molar-refractivity contribution is 7.13. The molecule has 24 heavy (non-hydrogen) atoms. The molecule has 0 saturated carbocycles. The Morgan fingerprint density at radius 3 is 2.62 bits per heavy atom. The average molecular weight is 341 g/mol. The van der Waals surface area contributed by atoms with Crippen LogP contribution in [0, 0.1) is 6.92 Å². The molecule has 0 radical (unpaired) electrons. The van der Waals surface area contributed by atoms with E-state index in [9.17, 15) is 4.79 Å². The zero-order valence-electron chi connectivity index (χ0n) is 13.9. The number of aromatic nitrogens is 2. The third-order valence-corrected chi connectivity index (χ3v) is 4.81. The van der Waals surface area contributed by atoms with E-state index in [2.05, 4.69) is 14.9 Å². The van der Waals surface area contributed by atoms with Crippen LogP contribution in [0.5, 0.6) is 5.75 Å². The maximum absolute atomic E-state index is 12.3. The molecule has 6 heteroatoms. The number of nitrogens with zero attached hydrogens (tertiary/aromatic N) is 2. The Balaban J connectivity index is 1.66. The number of methoxy groups -OCH3 is 1. The lowest BCUT2D eigenvalue weighted by atomic mass is 10.2. The smallest absolute Gasteiger partial charge is 0.271 e. The second-order valence-electron chi connectivity index (χ2n) is 5.49. The molecule has 5 nitrogen and oxygen atoms in total. The summed E-state index contributed by atoms with van der Waals surface area (Å²) in [5, 5.41) is 5.54. The molecule has 1 amide bonds. The summed E-state index contributed by atoms with van der Waals surface area (Å²) < 4.78 is 7.19. The number of carbonyl (C=O) groups is 1. The molecule has 0 unspecified atom stereocenters. The Labute approximate surface area is 144 Å². The molecule has 2 heterocycles. The van der Waals surface area contributed by atoms with Crippen LogP contribution < -0.4 is 10.1 Å². The largest absolute Gasteiger partial charge is 0.497 e. The molecule has 1 aromatic carbocycles. The Morgan fingerprint density at radius 2 is 2.00 bits per heavy atom. The first-order chi connectivity index (χ1) is 11.6. The summed E-state index contributed by atoms with van der Waals surface area (Å²) in [4.78, 5) is 16.7. The van der Waals surface area contributed by atoms with Gasteiger partial charge in [-0.15, -0.1) is 11.3 Å². The monoisotopic (exact) mass is 341 g/mol. The van der Waals surface area contributed by atoms with Crippen molar-refractivity contribution in [2.24, 2.45) is 7.05 Å². The minimum atomic E-state index is -0.167. The number of carbonyl (C=O) groups excluding carboxylic acids is 1. The third-order valence-electron chi connectivity index (χ3n) is 3.94. The highest BCUT2D eigenvalue weighted by atomic mass is 32.1. The van der Waals surface area contributed by atoms with Crippen molar-refractivity contribution < 1.29 is 9.53 Å². The van der Waals surface area contributed by atoms with E-state index >= 15 is 0 Å². The van der Waals surface area contributed by atoms with Gasteiger partial charge in [-0.3, -0.25) is 4.79 Å². The van der Waals surface area contributed by atoms with Gasteiger partial charge in [-0.25, -0.2) is 4.98 Å². The summed E-state index contributed by atoms with van der Waals surface area (Å²) in [6, 6.07) is 11.7. The molecule has 1 N–H and O–H groups in total. The average Bonchev–Trinajstić information content (AvgIpc) is 3.21. The minimum absolute atomic E-state index is 0.167. The number of thiazole rings is 1. The summed E-state index contributed by atoms with van der Waals surface area (Å²) in [6.07, 6.45) is 0. The zero-order valence-corrected chi connectivity index (χ0v) is 14.7. The van der Waals surface area contributed by atoms with Crippen LogP contribution in [0.4, 0.5) is 0 Å². The number of nitrogens with one attached hydrogen (secondary N) is 1. The van der Waals surface area contributed by atoms with Gasteiger partial charge in [-0.2, -0.15) is 0 Å². The second kappa shape index (κ2) is 6.88. The molecular weight excluding hydrogens is 322 g/mol. The van der Waals surface area contributed by atoms with Crippen LogP contribution in [0.15, 0.2) is 41.8 Å². The van der Waals surface area contributed by atoms with Crippen molar-refractivity contribution in [2.45, 2.75) is 13.5 Å². The topological polar surface area (TPSA) is 56.1 Å². The first kappa shape index (κ1) is 16.3. The first-order valence-corrected chi connectivity index (χ1v) is 8.46. The van der Waals surface area contributed by atoms with Crippen LogP contribution in [0.1, 0.15) is 21.7 Å². The van der Waals surface area contributed by atoms with Crippen molar-refractivity contribution in [1.29, 1.82) is 0 Å². The van der Waals surface area contributed by atoms with E-state index in [1.54, 1.807) is 12.5 Å². The fraction of sp³-hybridized carbons (Fsp3) is 0.222. The SMILES string of the molecule is COc1ccc(CNC(=O)c2csc(-c3ccc(C)n3C)n2)cc1. The van der Waals surface area contributed by atoms with Crippen molar-refractivity contribution in [1.82, 2.24) is 14.9 Å². The number of hydrogen-bond acceptors (Lipinski definition) is 4. The predicted molar refractivity (Wildman–Crippen MR) is 95.4 cm³/mol. The summed E-state index contributed by atoms with van der Waals surface area (Å²) in [7, 11) is 3.63. The van der Waals surface area contributed by atoms with Crippen molar-refractivity contribution in [3.8, 4) is 16.5 Å². The first-order valence-electron chi connectivity index (χ1n) is 7.58. The normalized spacial score (nSPS) is 10.6. The molecule has 0 fully saturated rings. The number of aryl methyl sites for hydroxylation is 1. The van der Waals surface area contributed by atoms with Crippen molar-refractivity contribution in [3.63, 3.8) is 0 Å². The second-order valence-corrected chi connectivity index (χ2v) is 6.35. The van der Waals surface area contributed by atoms with Crippen LogP contribution in [0.2, 0.25) is 0 Å². The van der Waals surface area contributed by atoms with Gasteiger partial charge in [0.2, 0.25) is 0 Å². The Hall–Kier alpha value is -2.60. The quantitative estimate of drug-likeness (QED) is 0.774. The van der Waals surface area contributed by atoms with Crippen LogP contribution >= 0.6 is 11.3 Å². The molecule has 0 atom stereocenters. The molecule has 0 aliphatic carbocycles. The summed E-state index contributed by atoms with van der Waals surface area (Å²) in [5.74, 6) is 0.631. The van der Waals surface area contributed by atoms with E-state index in [1.165, 1.54) is 11.3 Å². The fourth-order valence-corrected chi connectivity index (χ4v) is 3.20. The van der Waals surface area contributed by atoms with Crippen LogP contribution in [0.3, 0.4) is 0 Å². The molecule has 3 aromatic rings. The van der Waals surface area contributed by atoms with Gasteiger partial charge >= 0.3 is 0 Å². The third kappa shape index (κ3) is 3.33. The summed E-state index contributed by atoms with van der Waals surface area (Å²) in [6.45, 7) is 2.50. The van der Waals surface area contributed by atoms with Gasteiger partial charge in [0.05, 0.1) is 12.8 Å². The van der Waals surface area contributed by atoms with Gasteiger partial charge in [0.15, 0.2) is 0 Å². The number of hydrogen-bond donors (Lipinski definition) is 1. The molecule has 124 valence electrons. The number of rotatable bonds is 5. The maximum Gasteiger partial charge on any atom is 0.271 e. The van der Waals surface area contributed by atoms with E-state index in [1.807, 2.05) is 50.4 Å². The molecule has 3 rings (SSSR count). The van der Waals surface area contributed by atoms with E-state index in [4.69, 9.17) is 4.74 Å². The van der Waals surface area contributed by atoms with E-state index in [0.717, 1.165) is 27.7 Å². The molecule has 0 saturated heterocycles. The Morgan fingerprint density at radius 1 is 1.25 bits per heavy atom. The predicted octanol–water partition coefficient (Wildman–Crippen LogP) is 3.40. The van der Waals surface area contributed by atoms with Gasteiger partial charge in [0.1, 0.15) is 16.5 Å². The summed E-state index contributed by atoms with van der Waals surface area (Å²) in [5.41, 5.74) is 3.64. The van der Waals surface area contributed by atoms with E-state index in [0.29, 0.717) is 12.2 Å². The van der Waals surface area contributed by atoms with Gasteiger partial charge in [0.25, 0.3) is 5.91 Å².